The van der Waals surface area contributed by atoms with Gasteiger partial charge in [0.25, 0.3) is 0 Å². The molecule has 130 valence electrons. The molecule has 0 saturated heterocycles. The van der Waals surface area contributed by atoms with E-state index in [1.165, 1.54) is 11.8 Å². The van der Waals surface area contributed by atoms with Gasteiger partial charge in [-0.2, -0.15) is 0 Å². The summed E-state index contributed by atoms with van der Waals surface area (Å²) in [5.41, 5.74) is 3.43. The molecule has 7 heteroatoms. The smallest absolute Gasteiger partial charge is 0.234 e. The summed E-state index contributed by atoms with van der Waals surface area (Å²) in [5, 5.41) is 3.69. The van der Waals surface area contributed by atoms with Gasteiger partial charge in [0.05, 0.1) is 11.3 Å². The first-order valence-electron chi connectivity index (χ1n) is 7.86. The average molecular weight is 419 g/mol. The predicted molar refractivity (Wildman–Crippen MR) is 106 cm³/mol. The molecule has 5 nitrogen and oxygen atoms in total. The van der Waals surface area contributed by atoms with E-state index in [4.69, 9.17) is 0 Å². The summed E-state index contributed by atoms with van der Waals surface area (Å²) in [5.74, 6) is 0.218. The average Bonchev–Trinajstić information content (AvgIpc) is 2.94. The first kappa shape index (κ1) is 17.9. The van der Waals surface area contributed by atoms with Gasteiger partial charge in [0.2, 0.25) is 5.91 Å². The Labute approximate surface area is 159 Å². The van der Waals surface area contributed by atoms with Crippen LogP contribution in [0, 0.1) is 0 Å². The van der Waals surface area contributed by atoms with Crippen LogP contribution in [0.3, 0.4) is 0 Å². The molecule has 0 saturated carbocycles. The molecule has 0 bridgehead atoms. The van der Waals surface area contributed by atoms with Gasteiger partial charge in [-0.05, 0) is 39.0 Å². The number of carbonyl (C=O) groups excluding carboxylic acids is 1. The molecular formula is C18H19BrN4OS. The van der Waals surface area contributed by atoms with E-state index in [0.29, 0.717) is 10.8 Å². The monoisotopic (exact) mass is 418 g/mol. The van der Waals surface area contributed by atoms with Crippen molar-refractivity contribution in [2.45, 2.75) is 31.3 Å². The third kappa shape index (κ3) is 4.41. The highest BCUT2D eigenvalue weighted by Crippen LogP contribution is 2.29. The number of rotatable bonds is 4. The van der Waals surface area contributed by atoms with Crippen molar-refractivity contribution in [3.8, 4) is 0 Å². The van der Waals surface area contributed by atoms with Crippen molar-refractivity contribution in [2.24, 2.45) is 0 Å². The van der Waals surface area contributed by atoms with Gasteiger partial charge >= 0.3 is 0 Å². The van der Waals surface area contributed by atoms with E-state index in [1.807, 2.05) is 30.3 Å². The van der Waals surface area contributed by atoms with Crippen LogP contribution in [0.15, 0.2) is 46.2 Å². The van der Waals surface area contributed by atoms with Crippen molar-refractivity contribution in [1.82, 2.24) is 15.0 Å². The molecule has 0 fully saturated rings. The number of amides is 1. The highest BCUT2D eigenvalue weighted by molar-refractivity contribution is 9.10. The fourth-order valence-corrected chi connectivity index (χ4v) is 3.49. The normalized spacial score (nSPS) is 11.7. The van der Waals surface area contributed by atoms with Gasteiger partial charge in [-0.15, -0.1) is 0 Å². The number of fused-ring (bicyclic) bond motifs is 1. The topological polar surface area (TPSA) is 70.7 Å². The first-order chi connectivity index (χ1) is 11.8. The Bertz CT molecular complexity index is 917. The number of hydrogen-bond acceptors (Lipinski definition) is 4. The Morgan fingerprint density at radius 1 is 1.32 bits per heavy atom. The van der Waals surface area contributed by atoms with Crippen LogP contribution in [-0.2, 0) is 10.2 Å². The number of para-hydroxylation sites is 1. The van der Waals surface area contributed by atoms with E-state index >= 15 is 0 Å². The lowest BCUT2D eigenvalue weighted by atomic mass is 9.86. The summed E-state index contributed by atoms with van der Waals surface area (Å²) in [7, 11) is 0. The number of H-pyrrole nitrogens is 1. The number of aromatic amines is 1. The molecule has 0 aliphatic rings. The highest BCUT2D eigenvalue weighted by atomic mass is 79.9. The maximum Gasteiger partial charge on any atom is 0.234 e. The number of imidazole rings is 1. The minimum atomic E-state index is -0.0590. The minimum Gasteiger partial charge on any atom is -0.331 e. The molecule has 0 atom stereocenters. The molecule has 2 aromatic heterocycles. The van der Waals surface area contributed by atoms with Gasteiger partial charge in [-0.3, -0.25) is 4.79 Å². The van der Waals surface area contributed by atoms with Crippen molar-refractivity contribution in [2.75, 3.05) is 11.1 Å². The number of halogens is 1. The molecule has 2 heterocycles. The number of benzene rings is 1. The van der Waals surface area contributed by atoms with Crippen LogP contribution in [-0.4, -0.2) is 26.6 Å². The molecule has 25 heavy (non-hydrogen) atoms. The predicted octanol–water partition coefficient (Wildman–Crippen LogP) is 4.75. The van der Waals surface area contributed by atoms with E-state index in [0.717, 1.165) is 21.2 Å². The van der Waals surface area contributed by atoms with Crippen LogP contribution in [0.2, 0.25) is 0 Å². The molecule has 1 amide bonds. The maximum absolute atomic E-state index is 12.3. The fourth-order valence-electron chi connectivity index (χ4n) is 2.49. The van der Waals surface area contributed by atoms with Crippen LogP contribution in [0.5, 0.6) is 0 Å². The zero-order chi connectivity index (χ0) is 18.0. The molecule has 2 N–H and O–H groups in total. The van der Waals surface area contributed by atoms with Gasteiger partial charge in [0.15, 0.2) is 10.8 Å². The lowest BCUT2D eigenvalue weighted by Crippen LogP contribution is -2.19. The Kier molecular flexibility index (Phi) is 5.15. The van der Waals surface area contributed by atoms with E-state index in [9.17, 15) is 4.79 Å². The van der Waals surface area contributed by atoms with Crippen molar-refractivity contribution in [3.63, 3.8) is 0 Å². The third-order valence-electron chi connectivity index (χ3n) is 3.63. The van der Waals surface area contributed by atoms with Gasteiger partial charge in [0, 0.05) is 16.4 Å². The first-order valence-corrected chi connectivity index (χ1v) is 9.64. The molecule has 0 radical (unpaired) electrons. The summed E-state index contributed by atoms with van der Waals surface area (Å²) in [6, 6.07) is 9.82. The number of hydrogen-bond donors (Lipinski definition) is 2. The second-order valence-electron chi connectivity index (χ2n) is 6.70. The number of anilines is 1. The zero-order valence-corrected chi connectivity index (χ0v) is 16.7. The lowest BCUT2D eigenvalue weighted by Gasteiger charge is -2.22. The minimum absolute atomic E-state index is 0.0329. The van der Waals surface area contributed by atoms with Crippen LogP contribution < -0.4 is 5.32 Å². The molecule has 3 rings (SSSR count). The zero-order valence-electron chi connectivity index (χ0n) is 14.3. The summed E-state index contributed by atoms with van der Waals surface area (Å²) in [4.78, 5) is 24.1. The molecule has 1 aromatic carbocycles. The van der Waals surface area contributed by atoms with E-state index in [1.54, 1.807) is 6.20 Å². The van der Waals surface area contributed by atoms with Crippen LogP contribution in [0.1, 0.15) is 26.3 Å². The molecule has 3 aromatic rings. The molecule has 0 aliphatic heterocycles. The van der Waals surface area contributed by atoms with Crippen LogP contribution in [0.25, 0.3) is 11.2 Å². The summed E-state index contributed by atoms with van der Waals surface area (Å²) < 4.78 is 0.886. The quantitative estimate of drug-likeness (QED) is 0.599. The van der Waals surface area contributed by atoms with Gasteiger partial charge in [-0.1, -0.05) is 50.7 Å². The Morgan fingerprint density at radius 2 is 2.08 bits per heavy atom. The van der Waals surface area contributed by atoms with Crippen LogP contribution >= 0.6 is 27.7 Å². The standard InChI is InChI=1S/C18H19BrN4OS/c1-18(2,3)12-6-4-5-7-13(12)21-15(24)10-25-17-22-14-8-11(19)9-20-16(14)23-17/h4-9H,10H2,1-3H3,(H,21,24)(H,20,22,23). The number of nitrogens with one attached hydrogen (secondary N) is 2. The van der Waals surface area contributed by atoms with Crippen molar-refractivity contribution >= 4 is 50.5 Å². The molecule has 0 spiro atoms. The fraction of sp³-hybridized carbons (Fsp3) is 0.278. The molecule has 0 unspecified atom stereocenters. The number of nitrogens with zero attached hydrogens (tertiary/aromatic N) is 2. The Hall–Kier alpha value is -1.86. The van der Waals surface area contributed by atoms with Gasteiger partial charge in [-0.25, -0.2) is 9.97 Å². The van der Waals surface area contributed by atoms with Crippen molar-refractivity contribution in [1.29, 1.82) is 0 Å². The van der Waals surface area contributed by atoms with Gasteiger partial charge < -0.3 is 10.3 Å². The van der Waals surface area contributed by atoms with Crippen molar-refractivity contribution < 1.29 is 4.79 Å². The summed E-state index contributed by atoms with van der Waals surface area (Å²) in [6.07, 6.45) is 1.70. The second kappa shape index (κ2) is 7.17. The number of thioether (sulfide) groups is 1. The summed E-state index contributed by atoms with van der Waals surface area (Å²) in [6.45, 7) is 6.39. The third-order valence-corrected chi connectivity index (χ3v) is 4.94. The number of aromatic nitrogens is 3. The van der Waals surface area contributed by atoms with E-state index in [-0.39, 0.29) is 17.1 Å². The number of pyridine rings is 1. The largest absolute Gasteiger partial charge is 0.331 e. The SMILES string of the molecule is CC(C)(C)c1ccccc1NC(=O)CSc1nc2ncc(Br)cc2[nH]1. The van der Waals surface area contributed by atoms with Gasteiger partial charge in [0.1, 0.15) is 0 Å². The van der Waals surface area contributed by atoms with Crippen molar-refractivity contribution in [3.05, 3.63) is 46.6 Å². The Morgan fingerprint density at radius 3 is 2.84 bits per heavy atom. The Balaban J connectivity index is 1.67. The molecular weight excluding hydrogens is 400 g/mol. The molecule has 0 aliphatic carbocycles. The van der Waals surface area contributed by atoms with Crippen LogP contribution in [0.4, 0.5) is 5.69 Å². The number of carbonyl (C=O) groups is 1. The van der Waals surface area contributed by atoms with E-state index < -0.39 is 0 Å². The second-order valence-corrected chi connectivity index (χ2v) is 8.58. The maximum atomic E-state index is 12.3. The van der Waals surface area contributed by atoms with E-state index in [2.05, 4.69) is 57.0 Å². The highest BCUT2D eigenvalue weighted by Gasteiger charge is 2.18. The summed E-state index contributed by atoms with van der Waals surface area (Å²) >= 11 is 4.74. The lowest BCUT2D eigenvalue weighted by molar-refractivity contribution is -0.113.